The largest absolute Gasteiger partial charge is 0.384 e. The predicted molar refractivity (Wildman–Crippen MR) is 71.2 cm³/mol. The van der Waals surface area contributed by atoms with Crippen molar-refractivity contribution in [2.24, 2.45) is 5.92 Å². The van der Waals surface area contributed by atoms with Crippen LogP contribution in [0.2, 0.25) is 0 Å². The van der Waals surface area contributed by atoms with Gasteiger partial charge in [0.25, 0.3) is 0 Å². The van der Waals surface area contributed by atoms with Crippen LogP contribution in [0.3, 0.4) is 0 Å². The van der Waals surface area contributed by atoms with Crippen LogP contribution in [0.4, 0.5) is 0 Å². The highest BCUT2D eigenvalue weighted by Crippen LogP contribution is 2.24. The molecule has 2 unspecified atom stereocenters. The molecule has 1 aliphatic carbocycles. The second-order valence-electron chi connectivity index (χ2n) is 6.02. The number of methoxy groups -OCH3 is 1. The molecular formula is C14H25N3O. The van der Waals surface area contributed by atoms with Crippen molar-refractivity contribution in [3.8, 4) is 6.07 Å². The van der Waals surface area contributed by atoms with Gasteiger partial charge in [0, 0.05) is 26.2 Å². The number of hydrogen-bond acceptors (Lipinski definition) is 4. The van der Waals surface area contributed by atoms with Crippen LogP contribution in [0.25, 0.3) is 0 Å². The zero-order valence-electron chi connectivity index (χ0n) is 11.6. The van der Waals surface area contributed by atoms with Crippen molar-refractivity contribution >= 4 is 0 Å². The highest BCUT2D eigenvalue weighted by molar-refractivity contribution is 5.07. The first kappa shape index (κ1) is 13.8. The molecular weight excluding hydrogens is 226 g/mol. The van der Waals surface area contributed by atoms with E-state index >= 15 is 0 Å². The number of likely N-dealkylation sites (tertiary alicyclic amines) is 1. The number of nitrogens with one attached hydrogen (secondary N) is 1. The minimum Gasteiger partial charge on any atom is -0.384 e. The van der Waals surface area contributed by atoms with Gasteiger partial charge in [-0.05, 0) is 45.1 Å². The summed E-state index contributed by atoms with van der Waals surface area (Å²) in [6.45, 7) is 6.20. The number of nitriles is 1. The van der Waals surface area contributed by atoms with Crippen LogP contribution in [0.1, 0.15) is 32.6 Å². The summed E-state index contributed by atoms with van der Waals surface area (Å²) in [6, 6.07) is 3.04. The molecule has 4 heteroatoms. The van der Waals surface area contributed by atoms with E-state index in [9.17, 15) is 5.26 Å². The van der Waals surface area contributed by atoms with Crippen molar-refractivity contribution in [1.29, 1.82) is 5.26 Å². The van der Waals surface area contributed by atoms with Crippen LogP contribution in [-0.4, -0.2) is 49.8 Å². The molecule has 0 radical (unpaired) electrons. The average Bonchev–Trinajstić information content (AvgIpc) is 3.05. The van der Waals surface area contributed by atoms with Crippen molar-refractivity contribution in [3.63, 3.8) is 0 Å². The van der Waals surface area contributed by atoms with E-state index in [0.717, 1.165) is 32.7 Å². The molecule has 2 rings (SSSR count). The predicted octanol–water partition coefficient (Wildman–Crippen LogP) is 1.38. The summed E-state index contributed by atoms with van der Waals surface area (Å²) in [5, 5.41) is 12.8. The molecule has 4 nitrogen and oxygen atoms in total. The minimum atomic E-state index is -0.347. The Balaban J connectivity index is 1.71. The molecule has 1 N–H and O–H groups in total. The number of nitrogens with zero attached hydrogens (tertiary/aromatic N) is 2. The van der Waals surface area contributed by atoms with E-state index in [1.54, 1.807) is 7.11 Å². The zero-order valence-corrected chi connectivity index (χ0v) is 11.6. The lowest BCUT2D eigenvalue weighted by Crippen LogP contribution is -2.44. The Hall–Kier alpha value is -0.630. The van der Waals surface area contributed by atoms with Crippen LogP contribution >= 0.6 is 0 Å². The van der Waals surface area contributed by atoms with E-state index in [4.69, 9.17) is 4.74 Å². The Morgan fingerprint density at radius 1 is 1.44 bits per heavy atom. The lowest BCUT2D eigenvalue weighted by Gasteiger charge is -2.26. The summed E-state index contributed by atoms with van der Waals surface area (Å²) < 4.78 is 5.21. The van der Waals surface area contributed by atoms with E-state index in [-0.39, 0.29) is 5.54 Å². The van der Waals surface area contributed by atoms with Crippen molar-refractivity contribution in [1.82, 2.24) is 10.2 Å². The first-order chi connectivity index (χ1) is 8.65. The second-order valence-corrected chi connectivity index (χ2v) is 6.02. The summed E-state index contributed by atoms with van der Waals surface area (Å²) in [6.07, 6.45) is 4.61. The molecule has 1 aliphatic heterocycles. The minimum absolute atomic E-state index is 0.347. The normalized spacial score (nSPS) is 27.9. The van der Waals surface area contributed by atoms with Gasteiger partial charge in [0.2, 0.25) is 0 Å². The third kappa shape index (κ3) is 3.94. The number of rotatable bonds is 7. The SMILES string of the molecule is COCC1CCN(CCC(C)(C#N)NC2CC2)C1. The summed E-state index contributed by atoms with van der Waals surface area (Å²) in [7, 11) is 1.77. The monoisotopic (exact) mass is 251 g/mol. The Labute approximate surface area is 110 Å². The summed E-state index contributed by atoms with van der Waals surface area (Å²) in [5.41, 5.74) is -0.347. The van der Waals surface area contributed by atoms with E-state index in [2.05, 4.69) is 16.3 Å². The van der Waals surface area contributed by atoms with Gasteiger partial charge in [-0.25, -0.2) is 0 Å². The molecule has 18 heavy (non-hydrogen) atoms. The van der Waals surface area contributed by atoms with Gasteiger partial charge in [-0.2, -0.15) is 5.26 Å². The van der Waals surface area contributed by atoms with Crippen molar-refractivity contribution in [3.05, 3.63) is 0 Å². The maximum absolute atomic E-state index is 9.32. The van der Waals surface area contributed by atoms with Gasteiger partial charge < -0.3 is 9.64 Å². The fraction of sp³-hybridized carbons (Fsp3) is 0.929. The Morgan fingerprint density at radius 3 is 2.83 bits per heavy atom. The van der Waals surface area contributed by atoms with Crippen LogP contribution in [0, 0.1) is 17.2 Å². The molecule has 1 saturated heterocycles. The van der Waals surface area contributed by atoms with Gasteiger partial charge in [-0.15, -0.1) is 0 Å². The number of ether oxygens (including phenoxy) is 1. The topological polar surface area (TPSA) is 48.3 Å². The van der Waals surface area contributed by atoms with Crippen LogP contribution in [-0.2, 0) is 4.74 Å². The third-order valence-electron chi connectivity index (χ3n) is 4.05. The molecule has 2 aliphatic rings. The van der Waals surface area contributed by atoms with Crippen molar-refractivity contribution in [2.75, 3.05) is 33.4 Å². The Kier molecular flexibility index (Phi) is 4.60. The summed E-state index contributed by atoms with van der Waals surface area (Å²) >= 11 is 0. The second kappa shape index (κ2) is 6.01. The fourth-order valence-electron chi connectivity index (χ4n) is 2.71. The average molecular weight is 251 g/mol. The maximum Gasteiger partial charge on any atom is 0.105 e. The lowest BCUT2D eigenvalue weighted by atomic mass is 9.99. The zero-order chi connectivity index (χ0) is 13.0. The quantitative estimate of drug-likeness (QED) is 0.742. The molecule has 0 amide bonds. The van der Waals surface area contributed by atoms with Crippen molar-refractivity contribution in [2.45, 2.75) is 44.2 Å². The fourth-order valence-corrected chi connectivity index (χ4v) is 2.71. The summed E-state index contributed by atoms with van der Waals surface area (Å²) in [4.78, 5) is 2.47. The third-order valence-corrected chi connectivity index (χ3v) is 4.05. The molecule has 0 aromatic rings. The number of hydrogen-bond donors (Lipinski definition) is 1. The van der Waals surface area contributed by atoms with Crippen LogP contribution in [0.5, 0.6) is 0 Å². The van der Waals surface area contributed by atoms with Gasteiger partial charge >= 0.3 is 0 Å². The standard InChI is InChI=1S/C14H25N3O/c1-14(11-15,16-13-3-4-13)6-8-17-7-5-12(9-17)10-18-2/h12-13,16H,3-10H2,1-2H3. The Bertz CT molecular complexity index is 311. The molecule has 1 saturated carbocycles. The van der Waals surface area contributed by atoms with Crippen LogP contribution < -0.4 is 5.32 Å². The molecule has 102 valence electrons. The van der Waals surface area contributed by atoms with Gasteiger partial charge in [0.1, 0.15) is 5.54 Å². The van der Waals surface area contributed by atoms with E-state index < -0.39 is 0 Å². The molecule has 0 bridgehead atoms. The molecule has 0 aromatic heterocycles. The van der Waals surface area contributed by atoms with Gasteiger partial charge in [0.15, 0.2) is 0 Å². The van der Waals surface area contributed by atoms with Gasteiger partial charge in [-0.1, -0.05) is 0 Å². The van der Waals surface area contributed by atoms with Gasteiger partial charge in [0.05, 0.1) is 12.7 Å². The van der Waals surface area contributed by atoms with Crippen molar-refractivity contribution < 1.29 is 4.74 Å². The maximum atomic E-state index is 9.32. The first-order valence-electron chi connectivity index (χ1n) is 7.05. The highest BCUT2D eigenvalue weighted by Gasteiger charge is 2.33. The summed E-state index contributed by atoms with van der Waals surface area (Å²) in [5.74, 6) is 0.680. The van der Waals surface area contributed by atoms with E-state index in [0.29, 0.717) is 12.0 Å². The van der Waals surface area contributed by atoms with Crippen LogP contribution in [0.15, 0.2) is 0 Å². The molecule has 0 aromatic carbocycles. The van der Waals surface area contributed by atoms with E-state index in [1.165, 1.54) is 19.3 Å². The lowest BCUT2D eigenvalue weighted by molar-refractivity contribution is 0.152. The molecule has 0 spiro atoms. The molecule has 2 atom stereocenters. The molecule has 1 heterocycles. The first-order valence-corrected chi connectivity index (χ1v) is 7.05. The highest BCUT2D eigenvalue weighted by atomic mass is 16.5. The van der Waals surface area contributed by atoms with E-state index in [1.807, 2.05) is 6.92 Å². The van der Waals surface area contributed by atoms with Gasteiger partial charge in [-0.3, -0.25) is 5.32 Å². The smallest absolute Gasteiger partial charge is 0.105 e. The molecule has 2 fully saturated rings. The Morgan fingerprint density at radius 2 is 2.22 bits per heavy atom.